The van der Waals surface area contributed by atoms with E-state index in [0.29, 0.717) is 27.8 Å². The Labute approximate surface area is 161 Å². The van der Waals surface area contributed by atoms with Crippen LogP contribution in [0.5, 0.6) is 11.5 Å². The fourth-order valence-corrected chi connectivity index (χ4v) is 2.53. The summed E-state index contributed by atoms with van der Waals surface area (Å²) in [4.78, 5) is 14.6. The van der Waals surface area contributed by atoms with Crippen LogP contribution in [0.4, 0.5) is 11.4 Å². The molecular weight excluding hydrogens is 379 g/mol. The monoisotopic (exact) mass is 396 g/mol. The van der Waals surface area contributed by atoms with Crippen molar-refractivity contribution in [3.63, 3.8) is 0 Å². The fraction of sp³-hybridized carbons (Fsp3) is 0.278. The van der Waals surface area contributed by atoms with Crippen LogP contribution in [0.15, 0.2) is 35.3 Å². The quantitative estimate of drug-likeness (QED) is 0.334. The van der Waals surface area contributed by atoms with Gasteiger partial charge in [-0.3, -0.25) is 15.1 Å². The number of nitro groups is 1. The lowest BCUT2D eigenvalue weighted by Crippen LogP contribution is -2.11. The van der Waals surface area contributed by atoms with E-state index in [1.165, 1.54) is 25.5 Å². The molecule has 0 saturated heterocycles. The average molecular weight is 397 g/mol. The number of hydrogen-bond acceptors (Lipinski definition) is 5. The lowest BCUT2D eigenvalue weighted by Gasteiger charge is -2.17. The molecule has 8 heteroatoms. The molecule has 0 heterocycles. The molecule has 0 bridgehead atoms. The van der Waals surface area contributed by atoms with Gasteiger partial charge in [0.1, 0.15) is 5.02 Å². The molecule has 0 unspecified atom stereocenters. The minimum absolute atomic E-state index is 0.00414. The Kier molecular flexibility index (Phi) is 6.83. The first-order valence-corrected chi connectivity index (χ1v) is 8.63. The Morgan fingerprint density at radius 3 is 2.62 bits per heavy atom. The summed E-state index contributed by atoms with van der Waals surface area (Å²) in [7, 11) is 1.53. The Bertz CT molecular complexity index is 840. The van der Waals surface area contributed by atoms with Crippen molar-refractivity contribution in [2.24, 2.45) is 4.99 Å². The molecule has 138 valence electrons. The van der Waals surface area contributed by atoms with Gasteiger partial charge in [-0.15, -0.1) is 0 Å². The second-order valence-electron chi connectivity index (χ2n) is 5.52. The van der Waals surface area contributed by atoms with Gasteiger partial charge in [-0.05, 0) is 43.2 Å². The molecule has 0 aliphatic rings. The molecular formula is C18H18Cl2N2O4. The van der Waals surface area contributed by atoms with Gasteiger partial charge in [0.15, 0.2) is 11.5 Å². The highest BCUT2D eigenvalue weighted by Gasteiger charge is 2.15. The fourth-order valence-electron chi connectivity index (χ4n) is 2.08. The summed E-state index contributed by atoms with van der Waals surface area (Å²) < 4.78 is 11.2. The Hall–Kier alpha value is -2.31. The molecule has 2 aromatic carbocycles. The van der Waals surface area contributed by atoms with Crippen molar-refractivity contribution >= 4 is 40.8 Å². The number of hydrogen-bond donors (Lipinski definition) is 0. The summed E-state index contributed by atoms with van der Waals surface area (Å²) in [5.41, 5.74) is 0.867. The predicted molar refractivity (Wildman–Crippen MR) is 104 cm³/mol. The number of methoxy groups -OCH3 is 1. The SMILES string of the molecule is CC[C@@H](C)Oc1c(Cl)cc(C=Nc2ccc(Cl)c([N+](=O)[O-])c2)cc1OC. The Morgan fingerprint density at radius 2 is 2.00 bits per heavy atom. The van der Waals surface area contributed by atoms with Crippen LogP contribution in [0.1, 0.15) is 25.8 Å². The number of aliphatic imine (C=N–C) groups is 1. The number of rotatable bonds is 7. The normalized spacial score (nSPS) is 12.2. The molecule has 0 saturated carbocycles. The zero-order valence-corrected chi connectivity index (χ0v) is 16.0. The van der Waals surface area contributed by atoms with Gasteiger partial charge in [0.25, 0.3) is 5.69 Å². The van der Waals surface area contributed by atoms with Crippen molar-refractivity contribution in [3.8, 4) is 11.5 Å². The van der Waals surface area contributed by atoms with E-state index in [1.54, 1.807) is 18.2 Å². The smallest absolute Gasteiger partial charge is 0.290 e. The lowest BCUT2D eigenvalue weighted by molar-refractivity contribution is -0.384. The van der Waals surface area contributed by atoms with Crippen LogP contribution < -0.4 is 9.47 Å². The van der Waals surface area contributed by atoms with E-state index < -0.39 is 4.92 Å². The third-order valence-corrected chi connectivity index (χ3v) is 4.24. The van der Waals surface area contributed by atoms with Crippen LogP contribution in [0.2, 0.25) is 10.0 Å². The second kappa shape index (κ2) is 8.87. The molecule has 2 aromatic rings. The molecule has 0 fully saturated rings. The Balaban J connectivity index is 2.32. The standard InChI is InChI=1S/C18H18Cl2N2O4/c1-4-11(2)26-18-15(20)7-12(8-17(18)25-3)10-21-13-5-6-14(19)16(9-13)22(23)24/h5-11H,4H2,1-3H3/t11-/m1/s1. The van der Waals surface area contributed by atoms with E-state index in [1.807, 2.05) is 13.8 Å². The molecule has 1 atom stereocenters. The molecule has 6 nitrogen and oxygen atoms in total. The van der Waals surface area contributed by atoms with Crippen LogP contribution >= 0.6 is 23.2 Å². The van der Waals surface area contributed by atoms with Gasteiger partial charge in [0, 0.05) is 12.3 Å². The van der Waals surface area contributed by atoms with Gasteiger partial charge in [0.05, 0.1) is 28.8 Å². The van der Waals surface area contributed by atoms with E-state index in [4.69, 9.17) is 32.7 Å². The van der Waals surface area contributed by atoms with Crippen molar-refractivity contribution in [1.82, 2.24) is 0 Å². The van der Waals surface area contributed by atoms with Gasteiger partial charge < -0.3 is 9.47 Å². The first-order valence-electron chi connectivity index (χ1n) is 7.87. The maximum absolute atomic E-state index is 10.9. The van der Waals surface area contributed by atoms with Crippen molar-refractivity contribution in [1.29, 1.82) is 0 Å². The van der Waals surface area contributed by atoms with Crippen LogP contribution in [-0.2, 0) is 0 Å². The zero-order chi connectivity index (χ0) is 19.3. The minimum Gasteiger partial charge on any atom is -0.493 e. The largest absolute Gasteiger partial charge is 0.493 e. The van der Waals surface area contributed by atoms with Gasteiger partial charge in [-0.1, -0.05) is 30.1 Å². The number of ether oxygens (including phenoxy) is 2. The van der Waals surface area contributed by atoms with E-state index >= 15 is 0 Å². The maximum Gasteiger partial charge on any atom is 0.290 e. The predicted octanol–water partition coefficient (Wildman–Crippen LogP) is 5.84. The van der Waals surface area contributed by atoms with E-state index in [9.17, 15) is 10.1 Å². The summed E-state index contributed by atoms with van der Waals surface area (Å²) in [6.45, 7) is 3.95. The van der Waals surface area contributed by atoms with Gasteiger partial charge in [-0.25, -0.2) is 0 Å². The number of benzene rings is 2. The first-order chi connectivity index (χ1) is 12.3. The highest BCUT2D eigenvalue weighted by atomic mass is 35.5. The molecule has 26 heavy (non-hydrogen) atoms. The van der Waals surface area contributed by atoms with E-state index in [2.05, 4.69) is 4.99 Å². The third-order valence-electron chi connectivity index (χ3n) is 3.63. The summed E-state index contributed by atoms with van der Waals surface area (Å²) in [5, 5.41) is 11.4. The van der Waals surface area contributed by atoms with Gasteiger partial charge in [0.2, 0.25) is 0 Å². The topological polar surface area (TPSA) is 74.0 Å². The highest BCUT2D eigenvalue weighted by molar-refractivity contribution is 6.33. The molecule has 0 radical (unpaired) electrons. The zero-order valence-electron chi connectivity index (χ0n) is 14.5. The number of halogens is 2. The summed E-state index contributed by atoms with van der Waals surface area (Å²) in [6, 6.07) is 7.75. The van der Waals surface area contributed by atoms with Crippen LogP contribution in [0.3, 0.4) is 0 Å². The molecule has 0 aliphatic carbocycles. The summed E-state index contributed by atoms with van der Waals surface area (Å²) in [5.74, 6) is 0.962. The molecule has 0 amide bonds. The molecule has 0 aromatic heterocycles. The molecule has 2 rings (SSSR count). The van der Waals surface area contributed by atoms with Crippen molar-refractivity contribution in [3.05, 3.63) is 56.1 Å². The highest BCUT2D eigenvalue weighted by Crippen LogP contribution is 2.37. The van der Waals surface area contributed by atoms with Crippen LogP contribution in [0.25, 0.3) is 0 Å². The molecule has 0 N–H and O–H groups in total. The molecule has 0 spiro atoms. The average Bonchev–Trinajstić information content (AvgIpc) is 2.62. The minimum atomic E-state index is -0.553. The van der Waals surface area contributed by atoms with Crippen molar-refractivity contribution in [2.45, 2.75) is 26.4 Å². The second-order valence-corrected chi connectivity index (χ2v) is 6.34. The van der Waals surface area contributed by atoms with E-state index in [-0.39, 0.29) is 16.8 Å². The first kappa shape index (κ1) is 20.0. The third kappa shape index (κ3) is 4.86. The van der Waals surface area contributed by atoms with Crippen LogP contribution in [-0.4, -0.2) is 24.4 Å². The summed E-state index contributed by atoms with van der Waals surface area (Å²) >= 11 is 12.1. The van der Waals surface area contributed by atoms with Crippen molar-refractivity contribution in [2.75, 3.05) is 7.11 Å². The van der Waals surface area contributed by atoms with Crippen LogP contribution in [0, 0.1) is 10.1 Å². The number of nitro benzene ring substituents is 1. The van der Waals surface area contributed by atoms with E-state index in [0.717, 1.165) is 6.42 Å². The van der Waals surface area contributed by atoms with Crippen molar-refractivity contribution < 1.29 is 14.4 Å². The Morgan fingerprint density at radius 1 is 1.27 bits per heavy atom. The van der Waals surface area contributed by atoms with Gasteiger partial charge in [-0.2, -0.15) is 0 Å². The number of nitrogens with zero attached hydrogens (tertiary/aromatic N) is 2. The lowest BCUT2D eigenvalue weighted by atomic mass is 10.2. The van der Waals surface area contributed by atoms with Gasteiger partial charge >= 0.3 is 0 Å². The molecule has 0 aliphatic heterocycles. The summed E-state index contributed by atoms with van der Waals surface area (Å²) in [6.07, 6.45) is 2.36. The maximum atomic E-state index is 10.9.